The number of carbonyl (C=O) groups excluding carboxylic acids is 1. The minimum atomic E-state index is -1.38. The van der Waals surface area contributed by atoms with Crippen molar-refractivity contribution in [3.8, 4) is 11.5 Å². The summed E-state index contributed by atoms with van der Waals surface area (Å²) in [5, 5.41) is 31.1. The molecule has 0 saturated heterocycles. The minimum absolute atomic E-state index is 0. The van der Waals surface area contributed by atoms with Crippen LogP contribution in [-0.2, 0) is 4.79 Å². The predicted octanol–water partition coefficient (Wildman–Crippen LogP) is 1.44. The van der Waals surface area contributed by atoms with E-state index in [-0.39, 0.29) is 42.8 Å². The Morgan fingerprint density at radius 3 is 2.50 bits per heavy atom. The number of carboxylic acid groups (broad SMARTS) is 1. The summed E-state index contributed by atoms with van der Waals surface area (Å²) in [6.07, 6.45) is 0. The standard InChI is InChI=1S/C18H20BrN3O5.ClH/c1-26-14-9-11(19)8-13(16(14)27-7-6-23)15(18(24)25)22-12-4-2-10(3-5-12)17(20)21;/h2-5,8-9,15,22-23H,6-7H2,1H3,(H3,20,21)(H,24,25);1H/p-1. The minimum Gasteiger partial charge on any atom is -0.548 e. The molecule has 0 bridgehead atoms. The zero-order valence-corrected chi connectivity index (χ0v) is 17.3. The molecule has 0 radical (unpaired) electrons. The maximum absolute atomic E-state index is 11.8. The Hall–Kier alpha value is -2.49. The molecule has 2 rings (SSSR count). The van der Waals surface area contributed by atoms with Gasteiger partial charge in [-0.15, -0.1) is 12.4 Å². The van der Waals surface area contributed by atoms with E-state index in [2.05, 4.69) is 21.2 Å². The Morgan fingerprint density at radius 1 is 1.36 bits per heavy atom. The van der Waals surface area contributed by atoms with Gasteiger partial charge in [0.05, 0.1) is 25.7 Å². The Morgan fingerprint density at radius 2 is 2.00 bits per heavy atom. The Bertz CT molecular complexity index is 833. The number of hydrogen-bond donors (Lipinski definition) is 4. The lowest BCUT2D eigenvalue weighted by Gasteiger charge is -2.25. The van der Waals surface area contributed by atoms with Gasteiger partial charge >= 0.3 is 0 Å². The molecule has 0 saturated carbocycles. The van der Waals surface area contributed by atoms with Gasteiger partial charge in [-0.3, -0.25) is 5.41 Å². The van der Waals surface area contributed by atoms with Crippen LogP contribution in [0.25, 0.3) is 0 Å². The fraction of sp³-hybridized carbons (Fsp3) is 0.222. The first kappa shape index (κ1) is 23.5. The van der Waals surface area contributed by atoms with Gasteiger partial charge in [0.2, 0.25) is 0 Å². The van der Waals surface area contributed by atoms with E-state index in [0.717, 1.165) is 0 Å². The molecule has 0 heterocycles. The van der Waals surface area contributed by atoms with Crippen LogP contribution in [0.2, 0.25) is 0 Å². The topological polar surface area (TPSA) is 141 Å². The average molecular weight is 474 g/mol. The fourth-order valence-electron chi connectivity index (χ4n) is 2.43. The van der Waals surface area contributed by atoms with Crippen LogP contribution in [0.3, 0.4) is 0 Å². The molecule has 0 aliphatic rings. The maximum Gasteiger partial charge on any atom is 0.167 e. The number of anilines is 1. The average Bonchev–Trinajstić information content (AvgIpc) is 2.64. The molecule has 28 heavy (non-hydrogen) atoms. The number of benzene rings is 2. The van der Waals surface area contributed by atoms with Crippen molar-refractivity contribution in [3.63, 3.8) is 0 Å². The van der Waals surface area contributed by atoms with Crippen molar-refractivity contribution in [1.29, 1.82) is 5.41 Å². The third-order valence-corrected chi connectivity index (χ3v) is 4.12. The van der Waals surface area contributed by atoms with E-state index in [1.165, 1.54) is 7.11 Å². The number of amidine groups is 1. The highest BCUT2D eigenvalue weighted by Crippen LogP contribution is 2.39. The van der Waals surface area contributed by atoms with Crippen LogP contribution in [0.15, 0.2) is 40.9 Å². The van der Waals surface area contributed by atoms with E-state index < -0.39 is 12.0 Å². The summed E-state index contributed by atoms with van der Waals surface area (Å²) in [4.78, 5) is 11.8. The third kappa shape index (κ3) is 5.75. The number of carboxylic acids is 1. The molecule has 0 aliphatic heterocycles. The lowest BCUT2D eigenvalue weighted by molar-refractivity contribution is -0.307. The van der Waals surface area contributed by atoms with Crippen LogP contribution in [0.4, 0.5) is 5.69 Å². The summed E-state index contributed by atoms with van der Waals surface area (Å²) in [7, 11) is 1.43. The molecule has 152 valence electrons. The lowest BCUT2D eigenvalue weighted by Crippen LogP contribution is -2.34. The zero-order chi connectivity index (χ0) is 20.0. The number of aliphatic hydroxyl groups excluding tert-OH is 1. The van der Waals surface area contributed by atoms with Crippen molar-refractivity contribution < 1.29 is 24.5 Å². The van der Waals surface area contributed by atoms with Gasteiger partial charge in [0.1, 0.15) is 12.4 Å². The molecule has 0 amide bonds. The van der Waals surface area contributed by atoms with Gasteiger partial charge in [0, 0.05) is 21.3 Å². The smallest absolute Gasteiger partial charge is 0.167 e. The van der Waals surface area contributed by atoms with Crippen LogP contribution in [-0.4, -0.2) is 37.2 Å². The van der Waals surface area contributed by atoms with Gasteiger partial charge in [-0.2, -0.15) is 0 Å². The van der Waals surface area contributed by atoms with Crippen LogP contribution in [0, 0.1) is 5.41 Å². The van der Waals surface area contributed by atoms with Gasteiger partial charge in [-0.05, 0) is 36.4 Å². The van der Waals surface area contributed by atoms with Gasteiger partial charge in [0.15, 0.2) is 11.5 Å². The second-order valence-electron chi connectivity index (χ2n) is 5.49. The highest BCUT2D eigenvalue weighted by Gasteiger charge is 2.22. The van der Waals surface area contributed by atoms with Crippen molar-refractivity contribution in [3.05, 3.63) is 52.0 Å². The first-order valence-corrected chi connectivity index (χ1v) is 8.69. The number of methoxy groups -OCH3 is 1. The van der Waals surface area contributed by atoms with Crippen LogP contribution in [0.5, 0.6) is 11.5 Å². The van der Waals surface area contributed by atoms with E-state index in [1.807, 2.05) is 0 Å². The van der Waals surface area contributed by atoms with E-state index in [0.29, 0.717) is 21.5 Å². The molecular formula is C18H20BrClN3O5-. The van der Waals surface area contributed by atoms with E-state index in [4.69, 9.17) is 25.7 Å². The monoisotopic (exact) mass is 472 g/mol. The van der Waals surface area contributed by atoms with Crippen molar-refractivity contribution in [2.75, 3.05) is 25.6 Å². The predicted molar refractivity (Wildman–Crippen MR) is 109 cm³/mol. The SMILES string of the molecule is COc1cc(Br)cc(C(Nc2ccc(C(=N)N)cc2)C(=O)[O-])c1OCCO.Cl. The molecule has 0 spiro atoms. The summed E-state index contributed by atoms with van der Waals surface area (Å²) >= 11 is 3.32. The number of rotatable bonds is 9. The number of hydrogen-bond acceptors (Lipinski definition) is 7. The number of nitrogens with one attached hydrogen (secondary N) is 2. The molecule has 1 atom stereocenters. The maximum atomic E-state index is 11.8. The Kier molecular flexibility index (Phi) is 9.04. The number of halogens is 2. The van der Waals surface area contributed by atoms with Gasteiger partial charge in [-0.1, -0.05) is 15.9 Å². The normalized spacial score (nSPS) is 11.1. The molecule has 0 fully saturated rings. The number of carbonyl (C=O) groups is 1. The number of nitrogen functional groups attached to an aromatic ring is 1. The summed E-state index contributed by atoms with van der Waals surface area (Å²) in [6, 6.07) is 8.36. The first-order valence-electron chi connectivity index (χ1n) is 7.90. The molecule has 0 aliphatic carbocycles. The summed E-state index contributed by atoms with van der Waals surface area (Å²) in [5.74, 6) is -0.960. The second-order valence-corrected chi connectivity index (χ2v) is 6.40. The highest BCUT2D eigenvalue weighted by atomic mass is 79.9. The molecular weight excluding hydrogens is 454 g/mol. The summed E-state index contributed by atoms with van der Waals surface area (Å²) < 4.78 is 11.4. The lowest BCUT2D eigenvalue weighted by atomic mass is 10.0. The van der Waals surface area contributed by atoms with Crippen molar-refractivity contribution >= 4 is 45.8 Å². The van der Waals surface area contributed by atoms with Crippen molar-refractivity contribution in [2.24, 2.45) is 5.73 Å². The third-order valence-electron chi connectivity index (χ3n) is 3.66. The largest absolute Gasteiger partial charge is 0.548 e. The van der Waals surface area contributed by atoms with Crippen LogP contribution >= 0.6 is 28.3 Å². The van der Waals surface area contributed by atoms with E-state index >= 15 is 0 Å². The molecule has 5 N–H and O–H groups in total. The first-order chi connectivity index (χ1) is 12.9. The number of aliphatic hydroxyl groups is 1. The molecule has 0 aromatic heterocycles. The number of aliphatic carboxylic acids is 1. The second kappa shape index (κ2) is 10.7. The summed E-state index contributed by atoms with van der Waals surface area (Å²) in [5.41, 5.74) is 6.69. The zero-order valence-electron chi connectivity index (χ0n) is 14.9. The molecule has 10 heteroatoms. The van der Waals surface area contributed by atoms with Gasteiger partial charge in [0.25, 0.3) is 0 Å². The molecule has 2 aromatic rings. The fourth-order valence-corrected chi connectivity index (χ4v) is 2.89. The Labute approximate surface area is 176 Å². The molecule has 8 nitrogen and oxygen atoms in total. The highest BCUT2D eigenvalue weighted by molar-refractivity contribution is 9.10. The molecule has 1 unspecified atom stereocenters. The van der Waals surface area contributed by atoms with Crippen molar-refractivity contribution in [2.45, 2.75) is 6.04 Å². The van der Waals surface area contributed by atoms with Crippen LogP contribution < -0.4 is 25.6 Å². The van der Waals surface area contributed by atoms with Crippen molar-refractivity contribution in [1.82, 2.24) is 0 Å². The Balaban J connectivity index is 0.00000392. The molecule has 2 aromatic carbocycles. The van der Waals surface area contributed by atoms with Gasteiger partial charge in [-0.25, -0.2) is 0 Å². The quantitative estimate of drug-likeness (QED) is 0.319. The summed E-state index contributed by atoms with van der Waals surface area (Å²) in [6.45, 7) is -0.271. The van der Waals surface area contributed by atoms with E-state index in [1.54, 1.807) is 36.4 Å². The van der Waals surface area contributed by atoms with E-state index in [9.17, 15) is 9.90 Å². The van der Waals surface area contributed by atoms with Gasteiger partial charge < -0.3 is 35.5 Å². The van der Waals surface area contributed by atoms with Crippen LogP contribution in [0.1, 0.15) is 17.2 Å². The number of nitrogens with two attached hydrogens (primary N) is 1. The number of ether oxygens (including phenoxy) is 2.